The van der Waals surface area contributed by atoms with Gasteiger partial charge in [-0.1, -0.05) is 0 Å². The van der Waals surface area contributed by atoms with Crippen LogP contribution in [0.25, 0.3) is 0 Å². The molecule has 1 aliphatic heterocycles. The van der Waals surface area contributed by atoms with E-state index in [1.807, 2.05) is 11.4 Å². The zero-order chi connectivity index (χ0) is 20.9. The predicted octanol–water partition coefficient (Wildman–Crippen LogP) is 3.63. The molecule has 156 valence electrons. The largest absolute Gasteiger partial charge is 0.492 e. The minimum atomic E-state index is -4.38. The normalized spacial score (nSPS) is 13.7. The van der Waals surface area contributed by atoms with Gasteiger partial charge < -0.3 is 15.0 Å². The van der Waals surface area contributed by atoms with Crippen LogP contribution in [0.15, 0.2) is 35.7 Å². The average Bonchev–Trinajstić information content (AvgIpc) is 3.17. The highest BCUT2D eigenvalue weighted by Crippen LogP contribution is 2.30. The Bertz CT molecular complexity index is 849. The van der Waals surface area contributed by atoms with Crippen molar-refractivity contribution in [2.75, 3.05) is 19.7 Å². The Morgan fingerprint density at radius 2 is 1.90 bits per heavy atom. The molecule has 1 aromatic carbocycles. The van der Waals surface area contributed by atoms with Crippen LogP contribution in [0.5, 0.6) is 5.75 Å². The van der Waals surface area contributed by atoms with Gasteiger partial charge in [0.1, 0.15) is 12.4 Å². The van der Waals surface area contributed by atoms with Gasteiger partial charge in [0.05, 0.1) is 12.1 Å². The van der Waals surface area contributed by atoms with Crippen molar-refractivity contribution in [3.05, 3.63) is 51.7 Å². The summed E-state index contributed by atoms with van der Waals surface area (Å²) in [6, 6.07) is 6.39. The lowest BCUT2D eigenvalue weighted by molar-refractivity contribution is -0.137. The van der Waals surface area contributed by atoms with Crippen molar-refractivity contribution < 1.29 is 27.5 Å². The number of fused-ring (bicyclic) bond motifs is 1. The van der Waals surface area contributed by atoms with Crippen LogP contribution < -0.4 is 10.1 Å². The Hall–Kier alpha value is -2.55. The number of halogens is 3. The minimum absolute atomic E-state index is 0.0435. The van der Waals surface area contributed by atoms with Gasteiger partial charge in [0.2, 0.25) is 11.8 Å². The lowest BCUT2D eigenvalue weighted by Crippen LogP contribution is -2.36. The standard InChI is InChI=1S/C20H21F3N2O3S/c21-20(22,23)15-1-3-16(4-2-15)28-11-9-24-18(26)5-6-19(27)25-10-7-17-14(13-25)8-12-29-17/h1-4,8,12H,5-7,9-11,13H2,(H,24,26). The number of carbonyl (C=O) groups excluding carboxylic acids is 2. The van der Waals surface area contributed by atoms with Gasteiger partial charge >= 0.3 is 6.18 Å². The second-order valence-corrected chi connectivity index (χ2v) is 7.66. The summed E-state index contributed by atoms with van der Waals surface area (Å²) in [5.41, 5.74) is 0.436. The third-order valence-corrected chi connectivity index (χ3v) is 5.62. The highest BCUT2D eigenvalue weighted by molar-refractivity contribution is 7.10. The molecular formula is C20H21F3N2O3S. The summed E-state index contributed by atoms with van der Waals surface area (Å²) < 4.78 is 42.8. The smallest absolute Gasteiger partial charge is 0.416 e. The number of amides is 2. The molecule has 29 heavy (non-hydrogen) atoms. The van der Waals surface area contributed by atoms with Gasteiger partial charge in [0.25, 0.3) is 0 Å². The van der Waals surface area contributed by atoms with Gasteiger partial charge in [0.15, 0.2) is 0 Å². The Labute approximate surface area is 170 Å². The lowest BCUT2D eigenvalue weighted by Gasteiger charge is -2.27. The molecule has 1 aromatic heterocycles. The molecular weight excluding hydrogens is 405 g/mol. The number of rotatable bonds is 7. The molecule has 0 spiro atoms. The average molecular weight is 426 g/mol. The van der Waals surface area contributed by atoms with Crippen molar-refractivity contribution in [1.29, 1.82) is 0 Å². The van der Waals surface area contributed by atoms with Crippen LogP contribution in [0.3, 0.4) is 0 Å². The molecule has 2 heterocycles. The van der Waals surface area contributed by atoms with Gasteiger partial charge in [-0.2, -0.15) is 13.2 Å². The molecule has 0 saturated heterocycles. The second kappa shape index (κ2) is 9.30. The quantitative estimate of drug-likeness (QED) is 0.688. The molecule has 0 radical (unpaired) electrons. The maximum Gasteiger partial charge on any atom is 0.416 e. The summed E-state index contributed by atoms with van der Waals surface area (Å²) in [7, 11) is 0. The Morgan fingerprint density at radius 1 is 1.14 bits per heavy atom. The number of alkyl halides is 3. The van der Waals surface area contributed by atoms with Crippen molar-refractivity contribution in [3.8, 4) is 5.75 Å². The van der Waals surface area contributed by atoms with E-state index in [2.05, 4.69) is 5.32 Å². The fraction of sp³-hybridized carbons (Fsp3) is 0.400. The first kappa shape index (κ1) is 21.2. The van der Waals surface area contributed by atoms with Gasteiger partial charge in [-0.25, -0.2) is 0 Å². The van der Waals surface area contributed by atoms with E-state index in [4.69, 9.17) is 4.74 Å². The molecule has 0 fully saturated rings. The number of hydrogen-bond acceptors (Lipinski definition) is 4. The van der Waals surface area contributed by atoms with E-state index in [1.165, 1.54) is 22.6 Å². The van der Waals surface area contributed by atoms with Crippen LogP contribution in [0.4, 0.5) is 13.2 Å². The van der Waals surface area contributed by atoms with Crippen LogP contribution in [0, 0.1) is 0 Å². The fourth-order valence-electron chi connectivity index (χ4n) is 3.03. The van der Waals surface area contributed by atoms with E-state index in [9.17, 15) is 22.8 Å². The van der Waals surface area contributed by atoms with Crippen LogP contribution in [0.2, 0.25) is 0 Å². The molecule has 5 nitrogen and oxygen atoms in total. The molecule has 2 aromatic rings. The van der Waals surface area contributed by atoms with Gasteiger partial charge in [0, 0.05) is 30.8 Å². The molecule has 0 saturated carbocycles. The summed E-state index contributed by atoms with van der Waals surface area (Å²) in [4.78, 5) is 27.3. The van der Waals surface area contributed by atoms with Crippen molar-refractivity contribution >= 4 is 23.2 Å². The number of ether oxygens (including phenoxy) is 1. The molecule has 0 unspecified atom stereocenters. The molecule has 0 bridgehead atoms. The van der Waals surface area contributed by atoms with Gasteiger partial charge in [-0.3, -0.25) is 9.59 Å². The maximum absolute atomic E-state index is 12.5. The summed E-state index contributed by atoms with van der Waals surface area (Å²) >= 11 is 1.70. The molecule has 9 heteroatoms. The van der Waals surface area contributed by atoms with Crippen molar-refractivity contribution in [2.45, 2.75) is 32.0 Å². The van der Waals surface area contributed by atoms with E-state index in [-0.39, 0.29) is 37.8 Å². The number of carbonyl (C=O) groups is 2. The molecule has 2 amide bonds. The number of nitrogens with one attached hydrogen (secondary N) is 1. The molecule has 1 N–H and O–H groups in total. The molecule has 0 atom stereocenters. The van der Waals surface area contributed by atoms with Crippen LogP contribution in [0.1, 0.15) is 28.8 Å². The van der Waals surface area contributed by atoms with Crippen LogP contribution in [-0.4, -0.2) is 36.4 Å². The molecule has 3 rings (SSSR count). The van der Waals surface area contributed by atoms with E-state index in [0.717, 1.165) is 18.6 Å². The van der Waals surface area contributed by atoms with Crippen molar-refractivity contribution in [3.63, 3.8) is 0 Å². The summed E-state index contributed by atoms with van der Waals surface area (Å²) in [5, 5.41) is 4.67. The van der Waals surface area contributed by atoms with E-state index in [1.54, 1.807) is 16.2 Å². The van der Waals surface area contributed by atoms with Crippen molar-refractivity contribution in [2.24, 2.45) is 0 Å². The van der Waals surface area contributed by atoms with Crippen LogP contribution in [-0.2, 0) is 28.7 Å². The molecule has 0 aliphatic carbocycles. The third kappa shape index (κ3) is 5.96. The number of nitrogens with zero attached hydrogens (tertiary/aromatic N) is 1. The maximum atomic E-state index is 12.5. The zero-order valence-corrected chi connectivity index (χ0v) is 16.4. The summed E-state index contributed by atoms with van der Waals surface area (Å²) in [6.45, 7) is 1.60. The van der Waals surface area contributed by atoms with E-state index < -0.39 is 11.7 Å². The summed E-state index contributed by atoms with van der Waals surface area (Å²) in [6.07, 6.45) is -3.30. The van der Waals surface area contributed by atoms with Crippen molar-refractivity contribution in [1.82, 2.24) is 10.2 Å². The first-order chi connectivity index (χ1) is 13.8. The number of hydrogen-bond donors (Lipinski definition) is 1. The minimum Gasteiger partial charge on any atom is -0.492 e. The Kier molecular flexibility index (Phi) is 6.79. The van der Waals surface area contributed by atoms with Gasteiger partial charge in [-0.05, 0) is 47.7 Å². The van der Waals surface area contributed by atoms with Crippen LogP contribution >= 0.6 is 11.3 Å². The predicted molar refractivity (Wildman–Crippen MR) is 103 cm³/mol. The second-order valence-electron chi connectivity index (χ2n) is 6.65. The van der Waals surface area contributed by atoms with Gasteiger partial charge in [-0.15, -0.1) is 11.3 Å². The molecule has 1 aliphatic rings. The topological polar surface area (TPSA) is 58.6 Å². The van der Waals surface area contributed by atoms with E-state index in [0.29, 0.717) is 18.8 Å². The Balaban J connectivity index is 1.32. The monoisotopic (exact) mass is 426 g/mol. The highest BCUT2D eigenvalue weighted by atomic mass is 32.1. The number of thiophene rings is 1. The first-order valence-electron chi connectivity index (χ1n) is 9.23. The van der Waals surface area contributed by atoms with E-state index >= 15 is 0 Å². The SMILES string of the molecule is O=C(CCC(=O)N1CCc2sccc2C1)NCCOc1ccc(C(F)(F)F)cc1. The fourth-order valence-corrected chi connectivity index (χ4v) is 3.92. The Morgan fingerprint density at radius 3 is 2.62 bits per heavy atom. The first-order valence-corrected chi connectivity index (χ1v) is 10.1. The summed E-state index contributed by atoms with van der Waals surface area (Å²) in [5.74, 6) is -0.0130. The lowest BCUT2D eigenvalue weighted by atomic mass is 10.1. The zero-order valence-electron chi connectivity index (χ0n) is 15.6. The number of benzene rings is 1. The third-order valence-electron chi connectivity index (χ3n) is 4.60. The highest BCUT2D eigenvalue weighted by Gasteiger charge is 2.30.